The van der Waals surface area contributed by atoms with Crippen LogP contribution in [0.15, 0.2) is 127 Å². The van der Waals surface area contributed by atoms with Gasteiger partial charge >= 0.3 is 5.97 Å². The van der Waals surface area contributed by atoms with E-state index >= 15 is 0 Å². The molecule has 1 fully saturated rings. The number of nitrogens with zero attached hydrogens (tertiary/aromatic N) is 3. The minimum Gasteiger partial charge on any atom is -0.480 e. The Hall–Kier alpha value is -6.24. The molecule has 11 heteroatoms. The van der Waals surface area contributed by atoms with E-state index in [2.05, 4.69) is 142 Å². The second kappa shape index (κ2) is 21.9. The summed E-state index contributed by atoms with van der Waals surface area (Å²) < 4.78 is 0. The number of fused-ring (bicyclic) bond motifs is 6. The molecule has 1 saturated heterocycles. The van der Waals surface area contributed by atoms with Gasteiger partial charge in [-0.2, -0.15) is 0 Å². The summed E-state index contributed by atoms with van der Waals surface area (Å²) in [7, 11) is 0. The van der Waals surface area contributed by atoms with Gasteiger partial charge in [-0.15, -0.1) is 21.4 Å². The third-order valence-corrected chi connectivity index (χ3v) is 16.5. The van der Waals surface area contributed by atoms with Gasteiger partial charge in [0.25, 0.3) is 11.8 Å². The standard InChI is InChI=1S/C61H65N3O6S2/c1-6-11-33-60(34-12-7-2)51-21-17-15-19-46(51)48-30-27-43(37-53(48)60)63(44-28-31-49-47-20-16-18-22-52(47)61(35-13-8-3,36-14-9-4)54(49)38-44)42-25-23-41(24-26-42)55-32-29-45(72-55)39-50-57(67)62(40-56(65)66)59(71)64(58(50)68)70-69-10-5/h15-32,37-39H,6-14,33-36,40H2,1-5H3,(H,65,66)/b50-39+. The number of aliphatic carboxylic acids is 1. The molecule has 72 heavy (non-hydrogen) atoms. The van der Waals surface area contributed by atoms with Crippen LogP contribution in [0.1, 0.15) is 139 Å². The molecular formula is C61H65N3O6S2. The molecule has 2 heterocycles. The number of hydrogen-bond acceptors (Lipinski definition) is 8. The minimum absolute atomic E-state index is 0.0768. The van der Waals surface area contributed by atoms with E-state index in [1.807, 2.05) is 12.1 Å². The Bertz CT molecular complexity index is 2890. The zero-order valence-corrected chi connectivity index (χ0v) is 43.8. The Balaban J connectivity index is 1.15. The average Bonchev–Trinajstić information content (AvgIpc) is 4.06. The number of carboxylic acids is 1. The van der Waals surface area contributed by atoms with Crippen LogP contribution in [0, 0.1) is 0 Å². The molecule has 372 valence electrons. The molecule has 1 aliphatic heterocycles. The van der Waals surface area contributed by atoms with Crippen molar-refractivity contribution in [1.82, 2.24) is 9.96 Å². The Labute approximate surface area is 434 Å². The zero-order chi connectivity index (χ0) is 50.6. The molecule has 0 unspecified atom stereocenters. The van der Waals surface area contributed by atoms with Gasteiger partial charge in [-0.3, -0.25) is 19.3 Å². The van der Waals surface area contributed by atoms with Gasteiger partial charge in [-0.25, -0.2) is 4.89 Å². The van der Waals surface area contributed by atoms with Crippen LogP contribution in [0.4, 0.5) is 17.1 Å². The van der Waals surface area contributed by atoms with Gasteiger partial charge in [0.1, 0.15) is 12.1 Å². The molecule has 0 bridgehead atoms. The van der Waals surface area contributed by atoms with Crippen LogP contribution in [-0.4, -0.2) is 51.1 Å². The van der Waals surface area contributed by atoms with Gasteiger partial charge < -0.3 is 10.0 Å². The SMILES string of the molecule is CCCCC1(CCCC)c2ccccc2-c2ccc(N(c3ccc(-c4ccc(/C=C5\C(=O)N(CC(=O)O)C(=S)N(OOCC)C5=O)s4)cc3)c3ccc4c(c3)C(CCCC)(CCCC)c3ccccc3-4)cc21. The maximum atomic E-state index is 13.6. The maximum absolute atomic E-state index is 13.6. The number of carboxylic acid groups (broad SMARTS) is 1. The highest BCUT2D eigenvalue weighted by atomic mass is 32.1. The van der Waals surface area contributed by atoms with Crippen LogP contribution in [0.25, 0.3) is 38.8 Å². The lowest BCUT2D eigenvalue weighted by molar-refractivity contribution is -0.385. The van der Waals surface area contributed by atoms with Gasteiger partial charge in [-0.1, -0.05) is 152 Å². The van der Waals surface area contributed by atoms with E-state index in [1.54, 1.807) is 6.92 Å². The molecule has 0 radical (unpaired) electrons. The third kappa shape index (κ3) is 9.25. The van der Waals surface area contributed by atoms with Gasteiger partial charge in [0.15, 0.2) is 0 Å². The average molecular weight is 1000 g/mol. The lowest BCUT2D eigenvalue weighted by atomic mass is 9.70. The number of thiophene rings is 1. The number of rotatable bonds is 22. The molecule has 0 saturated carbocycles. The first kappa shape index (κ1) is 50.7. The molecule has 1 N–H and O–H groups in total. The van der Waals surface area contributed by atoms with Gasteiger partial charge in [0.05, 0.1) is 6.61 Å². The number of thiocarbonyl (C=S) groups is 1. The van der Waals surface area contributed by atoms with Crippen LogP contribution in [0.5, 0.6) is 0 Å². The minimum atomic E-state index is -1.29. The zero-order valence-electron chi connectivity index (χ0n) is 42.2. The van der Waals surface area contributed by atoms with E-state index in [-0.39, 0.29) is 23.0 Å². The number of amides is 2. The Kier molecular flexibility index (Phi) is 15.4. The maximum Gasteiger partial charge on any atom is 0.323 e. The second-order valence-corrected chi connectivity index (χ2v) is 20.9. The first-order valence-corrected chi connectivity index (χ1v) is 27.2. The van der Waals surface area contributed by atoms with Crippen molar-refractivity contribution in [3.05, 3.63) is 154 Å². The highest BCUT2D eigenvalue weighted by molar-refractivity contribution is 7.80. The summed E-state index contributed by atoms with van der Waals surface area (Å²) in [4.78, 5) is 53.8. The van der Waals surface area contributed by atoms with E-state index in [9.17, 15) is 19.5 Å². The van der Waals surface area contributed by atoms with Gasteiger partial charge in [0.2, 0.25) is 5.11 Å². The summed E-state index contributed by atoms with van der Waals surface area (Å²) in [6.45, 7) is 10.2. The molecule has 9 rings (SSSR count). The number of hydrogen-bond donors (Lipinski definition) is 1. The van der Waals surface area contributed by atoms with E-state index in [4.69, 9.17) is 22.1 Å². The highest BCUT2D eigenvalue weighted by Crippen LogP contribution is 2.58. The third-order valence-electron chi connectivity index (χ3n) is 15.0. The fraction of sp³-hybridized carbons (Fsp3) is 0.344. The number of benzene rings is 5. The topological polar surface area (TPSA) is 99.6 Å². The molecule has 2 aliphatic carbocycles. The van der Waals surface area contributed by atoms with E-state index < -0.39 is 29.4 Å². The predicted molar refractivity (Wildman–Crippen MR) is 294 cm³/mol. The van der Waals surface area contributed by atoms with Crippen LogP contribution in [0.2, 0.25) is 0 Å². The quantitative estimate of drug-likeness (QED) is 0.0236. The first-order chi connectivity index (χ1) is 35.0. The number of carbonyl (C=O) groups excluding carboxylic acids is 2. The van der Waals surface area contributed by atoms with Gasteiger partial charge in [0, 0.05) is 37.6 Å². The Morgan fingerprint density at radius 2 is 1.11 bits per heavy atom. The van der Waals surface area contributed by atoms with Crippen LogP contribution >= 0.6 is 23.6 Å². The van der Waals surface area contributed by atoms with Crippen molar-refractivity contribution >= 4 is 69.6 Å². The fourth-order valence-corrected chi connectivity index (χ4v) is 12.8. The lowest BCUT2D eigenvalue weighted by Gasteiger charge is -2.35. The molecule has 9 nitrogen and oxygen atoms in total. The van der Waals surface area contributed by atoms with E-state index in [0.717, 1.165) is 109 Å². The second-order valence-electron chi connectivity index (χ2n) is 19.4. The van der Waals surface area contributed by atoms with Crippen molar-refractivity contribution in [2.24, 2.45) is 0 Å². The van der Waals surface area contributed by atoms with Crippen LogP contribution in [0.3, 0.4) is 0 Å². The summed E-state index contributed by atoms with van der Waals surface area (Å²) in [5.74, 6) is -2.96. The summed E-state index contributed by atoms with van der Waals surface area (Å²) in [6.07, 6.45) is 15.1. The number of anilines is 3. The molecule has 0 atom stereocenters. The van der Waals surface area contributed by atoms with Crippen LogP contribution < -0.4 is 4.90 Å². The van der Waals surface area contributed by atoms with E-state index in [1.165, 1.54) is 61.9 Å². The fourth-order valence-electron chi connectivity index (χ4n) is 11.6. The van der Waals surface area contributed by atoms with Crippen LogP contribution in [-0.2, 0) is 35.1 Å². The summed E-state index contributed by atoms with van der Waals surface area (Å²) >= 11 is 6.69. The van der Waals surface area contributed by atoms with Crippen molar-refractivity contribution in [2.75, 3.05) is 18.1 Å². The lowest BCUT2D eigenvalue weighted by Crippen LogP contribution is -2.57. The summed E-state index contributed by atoms with van der Waals surface area (Å²) in [6, 6.07) is 45.1. The Morgan fingerprint density at radius 1 is 0.625 bits per heavy atom. The number of carbonyl (C=O) groups is 3. The normalized spacial score (nSPS) is 15.7. The van der Waals surface area contributed by atoms with Crippen molar-refractivity contribution in [2.45, 2.75) is 122 Å². The summed E-state index contributed by atoms with van der Waals surface area (Å²) in [5.41, 5.74) is 15.0. The van der Waals surface area contributed by atoms with Crippen molar-refractivity contribution in [1.29, 1.82) is 0 Å². The predicted octanol–water partition coefficient (Wildman–Crippen LogP) is 15.5. The molecule has 2 amide bonds. The van der Waals surface area contributed by atoms with Crippen molar-refractivity contribution in [3.63, 3.8) is 0 Å². The molecule has 3 aliphatic rings. The summed E-state index contributed by atoms with van der Waals surface area (Å²) in [5, 5.41) is 9.80. The smallest absolute Gasteiger partial charge is 0.323 e. The molecular weight excluding hydrogens is 935 g/mol. The number of unbranched alkanes of at least 4 members (excludes halogenated alkanes) is 4. The van der Waals surface area contributed by atoms with Gasteiger partial charge in [-0.05, 0) is 150 Å². The molecule has 6 aromatic rings. The van der Waals surface area contributed by atoms with Crippen molar-refractivity contribution in [3.8, 4) is 32.7 Å². The molecule has 5 aromatic carbocycles. The molecule has 1 aromatic heterocycles. The monoisotopic (exact) mass is 999 g/mol. The van der Waals surface area contributed by atoms with E-state index in [0.29, 0.717) is 9.94 Å². The molecule has 0 spiro atoms. The Morgan fingerprint density at radius 3 is 1.60 bits per heavy atom. The first-order valence-electron chi connectivity index (χ1n) is 26.0. The number of hydroxylamine groups is 2. The highest BCUT2D eigenvalue weighted by Gasteiger charge is 2.45. The van der Waals surface area contributed by atoms with Crippen molar-refractivity contribution < 1.29 is 29.4 Å². The largest absolute Gasteiger partial charge is 0.480 e.